The second-order valence-corrected chi connectivity index (χ2v) is 8.54. The van der Waals surface area contributed by atoms with Crippen LogP contribution in [0.25, 0.3) is 0 Å². The van der Waals surface area contributed by atoms with Crippen LogP contribution in [-0.2, 0) is 0 Å². The van der Waals surface area contributed by atoms with Crippen molar-refractivity contribution in [2.45, 2.75) is 98.8 Å². The van der Waals surface area contributed by atoms with E-state index in [2.05, 4.69) is 40.7 Å². The second kappa shape index (κ2) is 11.3. The molecule has 0 aromatic heterocycles. The van der Waals surface area contributed by atoms with Gasteiger partial charge in [0.25, 0.3) is 0 Å². The lowest BCUT2D eigenvalue weighted by atomic mass is 9.79. The highest BCUT2D eigenvalue weighted by molar-refractivity contribution is 4.80. The Labute approximate surface area is 134 Å². The van der Waals surface area contributed by atoms with Crippen LogP contribution in [0.5, 0.6) is 0 Å². The lowest BCUT2D eigenvalue weighted by Gasteiger charge is -2.27. The maximum atomic E-state index is 8.63. The van der Waals surface area contributed by atoms with Crippen LogP contribution in [0.1, 0.15) is 98.8 Å². The minimum atomic E-state index is 0.185. The zero-order valence-electron chi connectivity index (χ0n) is 15.4. The van der Waals surface area contributed by atoms with Crippen molar-refractivity contribution in [3.63, 3.8) is 0 Å². The van der Waals surface area contributed by atoms with E-state index in [9.17, 15) is 0 Å². The standard InChI is InChI=1S/C20H40O/c1-19(2,3)15-14-17-20(4,5)16-12-10-8-6-7-9-11-13-18-21/h11,13,21H,6-10,12,14-18H2,1-5H3/b13-11+. The number of aliphatic hydroxyl groups excluding tert-OH is 1. The summed E-state index contributed by atoms with van der Waals surface area (Å²) < 4.78 is 0. The third kappa shape index (κ3) is 15.9. The SMILES string of the molecule is CC(C)(C)CCCC(C)(C)CCCCCCC/C=C/CO. The molecule has 0 atom stereocenters. The summed E-state index contributed by atoms with van der Waals surface area (Å²) in [5, 5.41) is 8.63. The Morgan fingerprint density at radius 2 is 1.24 bits per heavy atom. The minimum absolute atomic E-state index is 0.185. The molecule has 0 unspecified atom stereocenters. The van der Waals surface area contributed by atoms with Gasteiger partial charge in [0.15, 0.2) is 0 Å². The molecule has 0 bridgehead atoms. The van der Waals surface area contributed by atoms with Gasteiger partial charge in [-0.25, -0.2) is 0 Å². The van der Waals surface area contributed by atoms with Gasteiger partial charge in [-0.2, -0.15) is 0 Å². The fraction of sp³-hybridized carbons (Fsp3) is 0.900. The van der Waals surface area contributed by atoms with E-state index in [1.54, 1.807) is 0 Å². The van der Waals surface area contributed by atoms with Crippen molar-refractivity contribution < 1.29 is 5.11 Å². The van der Waals surface area contributed by atoms with Crippen LogP contribution in [0.15, 0.2) is 12.2 Å². The molecule has 0 aromatic rings. The van der Waals surface area contributed by atoms with Gasteiger partial charge >= 0.3 is 0 Å². The minimum Gasteiger partial charge on any atom is -0.392 e. The van der Waals surface area contributed by atoms with E-state index in [0.717, 1.165) is 6.42 Å². The summed E-state index contributed by atoms with van der Waals surface area (Å²) in [5.74, 6) is 0. The first-order valence-electron chi connectivity index (χ1n) is 9.03. The lowest BCUT2D eigenvalue weighted by Crippen LogP contribution is -2.13. The molecule has 0 saturated heterocycles. The lowest BCUT2D eigenvalue weighted by molar-refractivity contribution is 0.258. The molecular weight excluding hydrogens is 256 g/mol. The van der Waals surface area contributed by atoms with Gasteiger partial charge in [0.1, 0.15) is 0 Å². The summed E-state index contributed by atoms with van der Waals surface area (Å²) in [4.78, 5) is 0. The Morgan fingerprint density at radius 1 is 0.667 bits per heavy atom. The van der Waals surface area contributed by atoms with Gasteiger partial charge in [0, 0.05) is 0 Å². The molecule has 0 aromatic carbocycles. The van der Waals surface area contributed by atoms with Crippen molar-refractivity contribution in [1.82, 2.24) is 0 Å². The Balaban J connectivity index is 3.50. The molecule has 0 spiro atoms. The van der Waals surface area contributed by atoms with E-state index in [1.807, 2.05) is 6.08 Å². The first-order chi connectivity index (χ1) is 9.77. The number of unbranched alkanes of at least 4 members (excludes halogenated alkanes) is 5. The fourth-order valence-electron chi connectivity index (χ4n) is 2.81. The van der Waals surface area contributed by atoms with E-state index >= 15 is 0 Å². The highest BCUT2D eigenvalue weighted by Gasteiger charge is 2.18. The van der Waals surface area contributed by atoms with E-state index in [4.69, 9.17) is 5.11 Å². The maximum Gasteiger partial charge on any atom is 0.0612 e. The van der Waals surface area contributed by atoms with Crippen molar-refractivity contribution in [2.24, 2.45) is 10.8 Å². The Morgan fingerprint density at radius 3 is 1.86 bits per heavy atom. The van der Waals surface area contributed by atoms with E-state index < -0.39 is 0 Å². The zero-order chi connectivity index (χ0) is 16.2. The van der Waals surface area contributed by atoms with Crippen LogP contribution in [0.4, 0.5) is 0 Å². The van der Waals surface area contributed by atoms with Crippen molar-refractivity contribution in [3.05, 3.63) is 12.2 Å². The molecule has 21 heavy (non-hydrogen) atoms. The molecule has 0 aliphatic heterocycles. The molecule has 1 nitrogen and oxygen atoms in total. The normalized spacial score (nSPS) is 13.2. The monoisotopic (exact) mass is 296 g/mol. The molecule has 126 valence electrons. The summed E-state index contributed by atoms with van der Waals surface area (Å²) in [6, 6.07) is 0. The van der Waals surface area contributed by atoms with Crippen LogP contribution in [0.2, 0.25) is 0 Å². The van der Waals surface area contributed by atoms with Crippen molar-refractivity contribution in [3.8, 4) is 0 Å². The predicted molar refractivity (Wildman–Crippen MR) is 95.6 cm³/mol. The topological polar surface area (TPSA) is 20.2 Å². The van der Waals surface area contributed by atoms with Crippen LogP contribution >= 0.6 is 0 Å². The Hall–Kier alpha value is -0.300. The fourth-order valence-corrected chi connectivity index (χ4v) is 2.81. The van der Waals surface area contributed by atoms with Crippen LogP contribution in [0, 0.1) is 10.8 Å². The summed E-state index contributed by atoms with van der Waals surface area (Å²) >= 11 is 0. The summed E-state index contributed by atoms with van der Waals surface area (Å²) in [6.07, 6.45) is 17.3. The number of hydrogen-bond acceptors (Lipinski definition) is 1. The van der Waals surface area contributed by atoms with Crippen LogP contribution in [0.3, 0.4) is 0 Å². The first kappa shape index (κ1) is 20.7. The van der Waals surface area contributed by atoms with Gasteiger partial charge in [-0.1, -0.05) is 78.9 Å². The Bertz CT molecular complexity index is 258. The number of hydrogen-bond donors (Lipinski definition) is 1. The third-order valence-corrected chi connectivity index (χ3v) is 4.28. The number of allylic oxidation sites excluding steroid dienone is 1. The van der Waals surface area contributed by atoms with E-state index in [0.29, 0.717) is 10.8 Å². The summed E-state index contributed by atoms with van der Waals surface area (Å²) in [7, 11) is 0. The highest BCUT2D eigenvalue weighted by Crippen LogP contribution is 2.32. The highest BCUT2D eigenvalue weighted by atomic mass is 16.2. The Kier molecular flexibility index (Phi) is 11.1. The van der Waals surface area contributed by atoms with Gasteiger partial charge in [0.2, 0.25) is 0 Å². The first-order valence-corrected chi connectivity index (χ1v) is 9.03. The number of rotatable bonds is 12. The number of aliphatic hydroxyl groups is 1. The quantitative estimate of drug-likeness (QED) is 0.321. The average molecular weight is 297 g/mol. The van der Waals surface area contributed by atoms with Crippen molar-refractivity contribution >= 4 is 0 Å². The second-order valence-electron chi connectivity index (χ2n) is 8.54. The molecule has 0 radical (unpaired) electrons. The predicted octanol–water partition coefficient (Wildman–Crippen LogP) is 6.51. The average Bonchev–Trinajstić information content (AvgIpc) is 2.35. The largest absolute Gasteiger partial charge is 0.392 e. The smallest absolute Gasteiger partial charge is 0.0612 e. The molecular formula is C20H40O. The van der Waals surface area contributed by atoms with E-state index in [-0.39, 0.29) is 6.61 Å². The van der Waals surface area contributed by atoms with Gasteiger partial charge < -0.3 is 5.11 Å². The van der Waals surface area contributed by atoms with E-state index in [1.165, 1.54) is 57.8 Å². The molecule has 0 amide bonds. The van der Waals surface area contributed by atoms with Crippen molar-refractivity contribution in [2.75, 3.05) is 6.61 Å². The molecule has 1 N–H and O–H groups in total. The third-order valence-electron chi connectivity index (χ3n) is 4.28. The van der Waals surface area contributed by atoms with Crippen molar-refractivity contribution in [1.29, 1.82) is 0 Å². The molecule has 0 aliphatic rings. The summed E-state index contributed by atoms with van der Waals surface area (Å²) in [5.41, 5.74) is 1.01. The van der Waals surface area contributed by atoms with Gasteiger partial charge in [0.05, 0.1) is 6.61 Å². The van der Waals surface area contributed by atoms with Gasteiger partial charge in [-0.3, -0.25) is 0 Å². The summed E-state index contributed by atoms with van der Waals surface area (Å²) in [6.45, 7) is 12.1. The molecule has 1 heteroatoms. The van der Waals surface area contributed by atoms with Crippen LogP contribution in [-0.4, -0.2) is 11.7 Å². The maximum absolute atomic E-state index is 8.63. The molecule has 0 aliphatic carbocycles. The molecule has 0 saturated carbocycles. The zero-order valence-corrected chi connectivity index (χ0v) is 15.4. The van der Waals surface area contributed by atoms with Crippen LogP contribution < -0.4 is 0 Å². The molecule has 0 fully saturated rings. The molecule has 0 heterocycles. The van der Waals surface area contributed by atoms with Gasteiger partial charge in [-0.15, -0.1) is 0 Å². The molecule has 0 rings (SSSR count). The van der Waals surface area contributed by atoms with Gasteiger partial charge in [-0.05, 0) is 42.9 Å².